The zero-order valence-electron chi connectivity index (χ0n) is 23.0. The van der Waals surface area contributed by atoms with Crippen LogP contribution >= 0.6 is 11.8 Å². The van der Waals surface area contributed by atoms with Gasteiger partial charge in [-0.15, -0.1) is 0 Å². The Morgan fingerprint density at radius 1 is 0.951 bits per heavy atom. The van der Waals surface area contributed by atoms with Gasteiger partial charge >= 0.3 is 0 Å². The number of aromatic nitrogens is 2. The molecule has 3 aromatic carbocycles. The molecule has 1 amide bonds. The van der Waals surface area contributed by atoms with Gasteiger partial charge in [-0.05, 0) is 42.3 Å². The third-order valence-corrected chi connectivity index (χ3v) is 8.41. The molecule has 2 heterocycles. The van der Waals surface area contributed by atoms with Crippen molar-refractivity contribution in [3.8, 4) is 0 Å². The fourth-order valence-corrected chi connectivity index (χ4v) is 5.89. The van der Waals surface area contributed by atoms with Gasteiger partial charge in [-0.2, -0.15) is 0 Å². The second kappa shape index (κ2) is 12.4. The molecule has 0 spiro atoms. The highest BCUT2D eigenvalue weighted by Crippen LogP contribution is 2.24. The lowest BCUT2D eigenvalue weighted by atomic mass is 10.1. The molecular weight excluding hydrogens is 538 g/mol. The fraction of sp³-hybridized carbons (Fsp3) is 0.258. The number of carbonyl (C=O) groups is 1. The number of amides is 1. The highest BCUT2D eigenvalue weighted by molar-refractivity contribution is 7.98. The van der Waals surface area contributed by atoms with Crippen LogP contribution in [0.4, 0.5) is 11.4 Å². The number of nitro benzene ring substituents is 1. The van der Waals surface area contributed by atoms with E-state index in [1.807, 2.05) is 66.4 Å². The first-order valence-electron chi connectivity index (χ1n) is 13.4. The quantitative estimate of drug-likeness (QED) is 0.129. The highest BCUT2D eigenvalue weighted by atomic mass is 32.2. The Hall–Kier alpha value is -4.44. The van der Waals surface area contributed by atoms with Gasteiger partial charge in [-0.1, -0.05) is 54.2 Å². The summed E-state index contributed by atoms with van der Waals surface area (Å²) in [5.74, 6) is 0.555. The Kier molecular flexibility index (Phi) is 8.49. The Bertz CT molecular complexity index is 1610. The van der Waals surface area contributed by atoms with Gasteiger partial charge in [-0.3, -0.25) is 24.3 Å². The predicted octanol–water partition coefficient (Wildman–Crippen LogP) is 4.84. The molecule has 0 aliphatic carbocycles. The molecule has 5 rings (SSSR count). The van der Waals surface area contributed by atoms with Crippen molar-refractivity contribution in [2.24, 2.45) is 7.05 Å². The molecule has 0 N–H and O–H groups in total. The van der Waals surface area contributed by atoms with E-state index in [-0.39, 0.29) is 17.2 Å². The summed E-state index contributed by atoms with van der Waals surface area (Å²) in [6.07, 6.45) is 0.545. The average molecular weight is 570 g/mol. The fourth-order valence-electron chi connectivity index (χ4n) is 4.94. The second-order valence-corrected chi connectivity index (χ2v) is 11.0. The summed E-state index contributed by atoms with van der Waals surface area (Å²) in [7, 11) is 1.75. The van der Waals surface area contributed by atoms with E-state index < -0.39 is 4.92 Å². The number of piperazine rings is 1. The van der Waals surface area contributed by atoms with E-state index >= 15 is 0 Å². The van der Waals surface area contributed by atoms with Crippen LogP contribution in [-0.2, 0) is 19.2 Å². The summed E-state index contributed by atoms with van der Waals surface area (Å²) in [6, 6.07) is 24.0. The number of anilines is 1. The summed E-state index contributed by atoms with van der Waals surface area (Å²) in [6.45, 7) is 4.31. The van der Waals surface area contributed by atoms with Gasteiger partial charge in [0.1, 0.15) is 0 Å². The van der Waals surface area contributed by atoms with Gasteiger partial charge in [0.25, 0.3) is 17.2 Å². The van der Waals surface area contributed by atoms with Crippen LogP contribution < -0.4 is 10.5 Å². The van der Waals surface area contributed by atoms with E-state index in [1.54, 1.807) is 23.7 Å². The molecule has 0 atom stereocenters. The van der Waals surface area contributed by atoms with E-state index in [4.69, 9.17) is 4.98 Å². The van der Waals surface area contributed by atoms with E-state index in [9.17, 15) is 19.7 Å². The van der Waals surface area contributed by atoms with Crippen molar-refractivity contribution < 1.29 is 9.72 Å². The van der Waals surface area contributed by atoms with Gasteiger partial charge in [0, 0.05) is 80.0 Å². The molecule has 1 aliphatic rings. The minimum atomic E-state index is -0.408. The molecule has 0 unspecified atom stereocenters. The van der Waals surface area contributed by atoms with E-state index in [2.05, 4.69) is 4.90 Å². The molecule has 1 fully saturated rings. The number of nitrogens with zero attached hydrogens (tertiary/aromatic N) is 5. The van der Waals surface area contributed by atoms with Crippen LogP contribution in [0.2, 0.25) is 0 Å². The summed E-state index contributed by atoms with van der Waals surface area (Å²) in [5, 5.41) is 11.6. The molecule has 41 heavy (non-hydrogen) atoms. The van der Waals surface area contributed by atoms with Crippen LogP contribution in [0.1, 0.15) is 32.7 Å². The maximum Gasteiger partial charge on any atom is 0.269 e. The lowest BCUT2D eigenvalue weighted by molar-refractivity contribution is -0.384. The number of nitro groups is 1. The second-order valence-electron chi connectivity index (χ2n) is 10.0. The molecule has 1 saturated heterocycles. The molecular formula is C31H31N5O4S. The first kappa shape index (κ1) is 28.1. The molecule has 1 aromatic heterocycles. The average Bonchev–Trinajstić information content (AvgIpc) is 3.01. The van der Waals surface area contributed by atoms with Gasteiger partial charge in [-0.25, -0.2) is 4.98 Å². The van der Waals surface area contributed by atoms with Crippen molar-refractivity contribution in [3.63, 3.8) is 0 Å². The number of carbonyl (C=O) groups excluding carboxylic acids is 1. The van der Waals surface area contributed by atoms with Crippen LogP contribution in [-0.4, -0.2) is 51.5 Å². The molecule has 10 heteroatoms. The topological polar surface area (TPSA) is 102 Å². The van der Waals surface area contributed by atoms with Crippen molar-refractivity contribution in [3.05, 3.63) is 127 Å². The Balaban J connectivity index is 1.21. The maximum absolute atomic E-state index is 13.3. The lowest BCUT2D eigenvalue weighted by Crippen LogP contribution is -2.48. The predicted molar refractivity (Wildman–Crippen MR) is 161 cm³/mol. The minimum Gasteiger partial charge on any atom is -0.368 e. The van der Waals surface area contributed by atoms with Crippen LogP contribution in [0.25, 0.3) is 0 Å². The largest absolute Gasteiger partial charge is 0.368 e. The Labute approximate surface area is 242 Å². The molecule has 9 nitrogen and oxygen atoms in total. The smallest absolute Gasteiger partial charge is 0.269 e. The number of hydrogen-bond acceptors (Lipinski definition) is 7. The standard InChI is InChI=1S/C31H31N5O4S/c1-22-28(20-23-7-4-3-5-8-23)30(38)33(2)31(32-22)41-21-24-9-6-10-25(19-24)29(37)35-17-15-34(16-18-35)26-11-13-27(14-12-26)36(39)40/h3-14,19H,15-18,20-21H2,1-2H3. The van der Waals surface area contributed by atoms with E-state index in [0.717, 1.165) is 22.5 Å². The maximum atomic E-state index is 13.3. The van der Waals surface area contributed by atoms with Crippen molar-refractivity contribution in [2.75, 3.05) is 31.1 Å². The number of aryl methyl sites for hydroxylation is 1. The van der Waals surface area contributed by atoms with Crippen LogP contribution in [0.5, 0.6) is 0 Å². The van der Waals surface area contributed by atoms with Crippen molar-refractivity contribution >= 4 is 29.0 Å². The number of non-ortho nitro benzene ring substituents is 1. The van der Waals surface area contributed by atoms with Crippen molar-refractivity contribution in [1.29, 1.82) is 0 Å². The molecule has 210 valence electrons. The monoisotopic (exact) mass is 569 g/mol. The van der Waals surface area contributed by atoms with Gasteiger partial charge < -0.3 is 9.80 Å². The molecule has 4 aromatic rings. The lowest BCUT2D eigenvalue weighted by Gasteiger charge is -2.36. The third-order valence-electron chi connectivity index (χ3n) is 7.31. The highest BCUT2D eigenvalue weighted by Gasteiger charge is 2.23. The first-order valence-corrected chi connectivity index (χ1v) is 14.4. The molecule has 1 aliphatic heterocycles. The minimum absolute atomic E-state index is 0.0215. The third kappa shape index (κ3) is 6.49. The van der Waals surface area contributed by atoms with E-state index in [1.165, 1.54) is 23.9 Å². The number of rotatable bonds is 8. The summed E-state index contributed by atoms with van der Waals surface area (Å²) >= 11 is 1.48. The zero-order valence-corrected chi connectivity index (χ0v) is 23.8. The number of hydrogen-bond donors (Lipinski definition) is 0. The molecule has 0 bridgehead atoms. The van der Waals surface area contributed by atoms with Gasteiger partial charge in [0.2, 0.25) is 0 Å². The SMILES string of the molecule is Cc1nc(SCc2cccc(C(=O)N3CCN(c4ccc([N+](=O)[O-])cc4)CC3)c2)n(C)c(=O)c1Cc1ccccc1. The molecule has 0 saturated carbocycles. The summed E-state index contributed by atoms with van der Waals surface area (Å²) in [4.78, 5) is 45.6. The van der Waals surface area contributed by atoms with E-state index in [0.29, 0.717) is 54.6 Å². The summed E-state index contributed by atoms with van der Waals surface area (Å²) < 4.78 is 1.61. The molecule has 0 radical (unpaired) electrons. The van der Waals surface area contributed by atoms with Crippen molar-refractivity contribution in [1.82, 2.24) is 14.5 Å². The normalized spacial score (nSPS) is 13.3. The van der Waals surface area contributed by atoms with Crippen molar-refractivity contribution in [2.45, 2.75) is 24.3 Å². The van der Waals surface area contributed by atoms with Crippen LogP contribution in [0, 0.1) is 17.0 Å². The number of thioether (sulfide) groups is 1. The van der Waals surface area contributed by atoms with Crippen LogP contribution in [0.15, 0.2) is 88.8 Å². The van der Waals surface area contributed by atoms with Crippen LogP contribution in [0.3, 0.4) is 0 Å². The zero-order chi connectivity index (χ0) is 28.9. The van der Waals surface area contributed by atoms with Gasteiger partial charge in [0.15, 0.2) is 5.16 Å². The summed E-state index contributed by atoms with van der Waals surface area (Å²) in [5.41, 5.74) is 5.04. The number of benzene rings is 3. The first-order chi connectivity index (χ1) is 19.8. The Morgan fingerprint density at radius 3 is 2.32 bits per heavy atom. The Morgan fingerprint density at radius 2 is 1.63 bits per heavy atom. The van der Waals surface area contributed by atoms with Gasteiger partial charge in [0.05, 0.1) is 4.92 Å².